The number of benzene rings is 2. The van der Waals surface area contributed by atoms with Crippen molar-refractivity contribution in [3.8, 4) is 0 Å². The van der Waals surface area contributed by atoms with Crippen molar-refractivity contribution in [2.75, 3.05) is 5.88 Å². The van der Waals surface area contributed by atoms with Gasteiger partial charge in [0, 0.05) is 5.88 Å². The highest BCUT2D eigenvalue weighted by atomic mass is 35.5. The summed E-state index contributed by atoms with van der Waals surface area (Å²) in [7, 11) is 0. The van der Waals surface area contributed by atoms with E-state index in [-0.39, 0.29) is 11.6 Å². The molecule has 2 aromatic carbocycles. The second kappa shape index (κ2) is 7.01. The molecule has 2 rings (SSSR count). The fourth-order valence-corrected chi connectivity index (χ4v) is 2.57. The summed E-state index contributed by atoms with van der Waals surface area (Å²) in [5, 5.41) is 11.1. The standard InChI is InChI=1S/C17H17ClF2O/c18-12-2-1-11-17(21,13-3-7-15(19)8-4-13)14-5-9-16(20)10-6-14/h3-10,21H,1-2,11-12H2. The van der Waals surface area contributed by atoms with Crippen LogP contribution in [0.2, 0.25) is 0 Å². The number of hydrogen-bond acceptors (Lipinski definition) is 1. The Labute approximate surface area is 128 Å². The predicted molar refractivity (Wildman–Crippen MR) is 80.4 cm³/mol. The molecule has 0 spiro atoms. The summed E-state index contributed by atoms with van der Waals surface area (Å²) < 4.78 is 26.2. The molecule has 0 amide bonds. The van der Waals surface area contributed by atoms with Gasteiger partial charge in [-0.15, -0.1) is 11.6 Å². The highest BCUT2D eigenvalue weighted by Crippen LogP contribution is 2.34. The van der Waals surface area contributed by atoms with Crippen molar-refractivity contribution in [2.45, 2.75) is 24.9 Å². The number of halogens is 3. The van der Waals surface area contributed by atoms with E-state index in [1.165, 1.54) is 24.3 Å². The van der Waals surface area contributed by atoms with Crippen LogP contribution in [0.3, 0.4) is 0 Å². The highest BCUT2D eigenvalue weighted by molar-refractivity contribution is 6.17. The lowest BCUT2D eigenvalue weighted by Gasteiger charge is -2.29. The molecule has 0 bridgehead atoms. The lowest BCUT2D eigenvalue weighted by Crippen LogP contribution is -2.27. The lowest BCUT2D eigenvalue weighted by atomic mass is 9.82. The topological polar surface area (TPSA) is 20.2 Å². The van der Waals surface area contributed by atoms with Crippen LogP contribution in [0.4, 0.5) is 8.78 Å². The van der Waals surface area contributed by atoms with E-state index in [1.807, 2.05) is 0 Å². The maximum Gasteiger partial charge on any atom is 0.123 e. The van der Waals surface area contributed by atoms with Gasteiger partial charge in [-0.2, -0.15) is 0 Å². The molecule has 0 aromatic heterocycles. The zero-order valence-corrected chi connectivity index (χ0v) is 12.3. The molecule has 4 heteroatoms. The normalized spacial score (nSPS) is 11.6. The quantitative estimate of drug-likeness (QED) is 0.610. The van der Waals surface area contributed by atoms with Crippen LogP contribution in [0.25, 0.3) is 0 Å². The molecule has 0 atom stereocenters. The molecular weight excluding hydrogens is 294 g/mol. The van der Waals surface area contributed by atoms with Crippen LogP contribution < -0.4 is 0 Å². The van der Waals surface area contributed by atoms with E-state index in [1.54, 1.807) is 24.3 Å². The van der Waals surface area contributed by atoms with E-state index in [0.717, 1.165) is 12.8 Å². The second-order valence-corrected chi connectivity index (χ2v) is 5.40. The molecule has 0 aliphatic rings. The lowest BCUT2D eigenvalue weighted by molar-refractivity contribution is 0.0684. The first-order valence-electron chi connectivity index (χ1n) is 6.87. The van der Waals surface area contributed by atoms with Gasteiger partial charge < -0.3 is 5.11 Å². The number of hydrogen-bond donors (Lipinski definition) is 1. The molecule has 0 aliphatic carbocycles. The molecule has 0 fully saturated rings. The van der Waals surface area contributed by atoms with Gasteiger partial charge in [0.1, 0.15) is 17.2 Å². The van der Waals surface area contributed by atoms with Crippen LogP contribution in [0, 0.1) is 11.6 Å². The van der Waals surface area contributed by atoms with Crippen LogP contribution in [-0.2, 0) is 5.60 Å². The Morgan fingerprint density at radius 1 is 0.810 bits per heavy atom. The summed E-state index contributed by atoms with van der Waals surface area (Å²) in [6.07, 6.45) is 1.93. The molecule has 0 radical (unpaired) electrons. The molecule has 21 heavy (non-hydrogen) atoms. The highest BCUT2D eigenvalue weighted by Gasteiger charge is 2.31. The van der Waals surface area contributed by atoms with E-state index >= 15 is 0 Å². The molecule has 112 valence electrons. The minimum absolute atomic E-state index is 0.360. The summed E-state index contributed by atoms with van der Waals surface area (Å²) in [5.41, 5.74) is -0.0943. The van der Waals surface area contributed by atoms with Gasteiger partial charge in [0.05, 0.1) is 0 Å². The second-order valence-electron chi connectivity index (χ2n) is 5.02. The first-order valence-corrected chi connectivity index (χ1v) is 7.40. The van der Waals surface area contributed by atoms with Gasteiger partial charge in [-0.1, -0.05) is 24.3 Å². The van der Waals surface area contributed by atoms with Gasteiger partial charge in [0.25, 0.3) is 0 Å². The SMILES string of the molecule is OC(CCCCCl)(c1ccc(F)cc1)c1ccc(F)cc1. The molecule has 1 N–H and O–H groups in total. The van der Waals surface area contributed by atoms with Gasteiger partial charge in [0.2, 0.25) is 0 Å². The van der Waals surface area contributed by atoms with Crippen LogP contribution >= 0.6 is 11.6 Å². The van der Waals surface area contributed by atoms with Gasteiger partial charge in [-0.05, 0) is 54.7 Å². The molecule has 0 saturated carbocycles. The van der Waals surface area contributed by atoms with Crippen molar-refractivity contribution in [2.24, 2.45) is 0 Å². The van der Waals surface area contributed by atoms with Crippen molar-refractivity contribution < 1.29 is 13.9 Å². The summed E-state index contributed by atoms with van der Waals surface area (Å²) in [4.78, 5) is 0. The summed E-state index contributed by atoms with van der Waals surface area (Å²) >= 11 is 5.68. The van der Waals surface area contributed by atoms with Crippen LogP contribution in [0.15, 0.2) is 48.5 Å². The van der Waals surface area contributed by atoms with Crippen LogP contribution in [-0.4, -0.2) is 11.0 Å². The van der Waals surface area contributed by atoms with Crippen molar-refractivity contribution in [3.63, 3.8) is 0 Å². The monoisotopic (exact) mass is 310 g/mol. The molecule has 1 nitrogen and oxygen atoms in total. The Morgan fingerprint density at radius 2 is 1.24 bits per heavy atom. The zero-order chi connectivity index (χ0) is 15.3. The van der Waals surface area contributed by atoms with Crippen molar-refractivity contribution in [1.82, 2.24) is 0 Å². The van der Waals surface area contributed by atoms with Crippen molar-refractivity contribution >= 4 is 11.6 Å². The average molecular weight is 311 g/mol. The Kier molecular flexibility index (Phi) is 5.32. The Hall–Kier alpha value is -1.45. The van der Waals surface area contributed by atoms with Gasteiger partial charge >= 0.3 is 0 Å². The Balaban J connectivity index is 2.37. The summed E-state index contributed by atoms with van der Waals surface area (Å²) in [6, 6.07) is 11.5. The van der Waals surface area contributed by atoms with Gasteiger partial charge in [0.15, 0.2) is 0 Å². The van der Waals surface area contributed by atoms with E-state index in [4.69, 9.17) is 11.6 Å². The maximum atomic E-state index is 13.1. The van der Waals surface area contributed by atoms with E-state index in [2.05, 4.69) is 0 Å². The largest absolute Gasteiger partial charge is 0.380 e. The minimum Gasteiger partial charge on any atom is -0.380 e. The third-order valence-electron chi connectivity index (χ3n) is 3.57. The van der Waals surface area contributed by atoms with E-state index in [0.29, 0.717) is 23.4 Å². The minimum atomic E-state index is -1.27. The molecule has 0 aliphatic heterocycles. The Morgan fingerprint density at radius 3 is 1.62 bits per heavy atom. The molecule has 0 saturated heterocycles. The predicted octanol–water partition coefficient (Wildman–Crippen LogP) is 4.61. The summed E-state index contributed by atoms with van der Waals surface area (Å²) in [5.74, 6) is -0.204. The molecule has 2 aromatic rings. The Bertz CT molecular complexity index is 521. The molecule has 0 heterocycles. The fraction of sp³-hybridized carbons (Fsp3) is 0.294. The number of rotatable bonds is 6. The smallest absolute Gasteiger partial charge is 0.123 e. The zero-order valence-electron chi connectivity index (χ0n) is 11.5. The fourth-order valence-electron chi connectivity index (χ4n) is 2.38. The first kappa shape index (κ1) is 15.9. The molecule has 0 unspecified atom stereocenters. The molecular formula is C17H17ClF2O. The van der Waals surface area contributed by atoms with E-state index < -0.39 is 5.60 Å². The van der Waals surface area contributed by atoms with Crippen molar-refractivity contribution in [3.05, 3.63) is 71.3 Å². The van der Waals surface area contributed by atoms with Gasteiger partial charge in [-0.25, -0.2) is 8.78 Å². The average Bonchev–Trinajstić information content (AvgIpc) is 2.48. The number of aliphatic hydroxyl groups is 1. The summed E-state index contributed by atoms with van der Waals surface area (Å²) in [6.45, 7) is 0. The van der Waals surface area contributed by atoms with Gasteiger partial charge in [-0.3, -0.25) is 0 Å². The maximum absolute atomic E-state index is 13.1. The number of unbranched alkanes of at least 4 members (excludes halogenated alkanes) is 1. The van der Waals surface area contributed by atoms with Crippen LogP contribution in [0.5, 0.6) is 0 Å². The third-order valence-corrected chi connectivity index (χ3v) is 3.83. The van der Waals surface area contributed by atoms with Crippen molar-refractivity contribution in [1.29, 1.82) is 0 Å². The van der Waals surface area contributed by atoms with E-state index in [9.17, 15) is 13.9 Å². The first-order chi connectivity index (χ1) is 10.1. The number of alkyl halides is 1. The third kappa shape index (κ3) is 3.80. The van der Waals surface area contributed by atoms with Crippen LogP contribution in [0.1, 0.15) is 30.4 Å².